The molecule has 1 N–H and O–H groups in total. The second-order valence-corrected chi connectivity index (χ2v) is 4.13. The van der Waals surface area contributed by atoms with E-state index < -0.39 is 16.9 Å². The highest BCUT2D eigenvalue weighted by molar-refractivity contribution is 8.00. The molecule has 0 unspecified atom stereocenters. The smallest absolute Gasteiger partial charge is 0.360 e. The van der Waals surface area contributed by atoms with Gasteiger partial charge >= 0.3 is 11.2 Å². The molecule has 84 valence electrons. The minimum atomic E-state index is -4.24. The van der Waals surface area contributed by atoms with E-state index in [1.54, 1.807) is 0 Å². The molecule has 0 fully saturated rings. The lowest BCUT2D eigenvalue weighted by molar-refractivity contribution is -0.137. The van der Waals surface area contributed by atoms with Gasteiger partial charge in [0.25, 0.3) is 0 Å². The molecular weight excluding hydrogens is 232 g/mol. The number of phenols is 1. The number of hydrogen-bond acceptors (Lipinski definition) is 2. The molecule has 1 aromatic rings. The van der Waals surface area contributed by atoms with E-state index in [4.69, 9.17) is 5.11 Å². The van der Waals surface area contributed by atoms with Gasteiger partial charge < -0.3 is 5.11 Å². The van der Waals surface area contributed by atoms with E-state index in [0.29, 0.717) is 0 Å². The van der Waals surface area contributed by atoms with E-state index in [1.807, 2.05) is 0 Å². The van der Waals surface area contributed by atoms with Gasteiger partial charge in [-0.15, -0.1) is 0 Å². The zero-order valence-electron chi connectivity index (χ0n) is 7.68. The summed E-state index contributed by atoms with van der Waals surface area (Å²) in [4.78, 5) is -0.274. The first-order valence-corrected chi connectivity index (χ1v) is 4.78. The number of aromatic hydroxyl groups is 1. The van der Waals surface area contributed by atoms with Crippen molar-refractivity contribution in [3.63, 3.8) is 0 Å². The van der Waals surface area contributed by atoms with E-state index >= 15 is 0 Å². The average Bonchev–Trinajstić information content (AvgIpc) is 2.06. The van der Waals surface area contributed by atoms with Gasteiger partial charge in [-0.3, -0.25) is 0 Å². The third kappa shape index (κ3) is 2.77. The van der Waals surface area contributed by atoms with Crippen LogP contribution in [0.4, 0.5) is 17.6 Å². The van der Waals surface area contributed by atoms with Crippen LogP contribution in [-0.4, -0.2) is 16.3 Å². The average molecular weight is 240 g/mol. The Labute approximate surface area is 88.1 Å². The maximum Gasteiger partial charge on any atom is 0.360 e. The fourth-order valence-corrected chi connectivity index (χ4v) is 1.55. The molecule has 0 aliphatic heterocycles. The van der Waals surface area contributed by atoms with E-state index in [1.165, 1.54) is 12.1 Å². The van der Waals surface area contributed by atoms with Crippen molar-refractivity contribution in [1.29, 1.82) is 0 Å². The summed E-state index contributed by atoms with van der Waals surface area (Å²) in [5.41, 5.74) is 0. The highest BCUT2D eigenvalue weighted by Crippen LogP contribution is 2.48. The van der Waals surface area contributed by atoms with Gasteiger partial charge in [0.2, 0.25) is 0 Å². The number of halogens is 4. The zero-order valence-corrected chi connectivity index (χ0v) is 8.49. The van der Waals surface area contributed by atoms with E-state index in [0.717, 1.165) is 12.1 Å². The summed E-state index contributed by atoms with van der Waals surface area (Å²) < 4.78 is 50.7. The van der Waals surface area contributed by atoms with E-state index in [-0.39, 0.29) is 23.6 Å². The van der Waals surface area contributed by atoms with Gasteiger partial charge in [-0.05, 0) is 23.9 Å². The number of para-hydroxylation sites is 1. The summed E-state index contributed by atoms with van der Waals surface area (Å²) in [6.45, 7) is 0.139. The van der Waals surface area contributed by atoms with Crippen molar-refractivity contribution < 1.29 is 22.7 Å². The number of rotatable bonds is 3. The second-order valence-electron chi connectivity index (χ2n) is 2.97. The van der Waals surface area contributed by atoms with Gasteiger partial charge in [-0.2, -0.15) is 17.6 Å². The molecule has 15 heavy (non-hydrogen) atoms. The first-order valence-electron chi connectivity index (χ1n) is 3.97. The molecule has 6 heteroatoms. The molecule has 0 amide bonds. The topological polar surface area (TPSA) is 20.2 Å². The lowest BCUT2D eigenvalue weighted by atomic mass is 10.3. The number of alkyl halides is 4. The monoisotopic (exact) mass is 240 g/mol. The van der Waals surface area contributed by atoms with Crippen LogP contribution in [0.1, 0.15) is 6.92 Å². The Hall–Kier alpha value is -0.910. The summed E-state index contributed by atoms with van der Waals surface area (Å²) in [7, 11) is 0. The molecule has 1 rings (SSSR count). The lowest BCUT2D eigenvalue weighted by Gasteiger charge is -2.22. The van der Waals surface area contributed by atoms with Crippen LogP contribution in [0.15, 0.2) is 29.2 Å². The highest BCUT2D eigenvalue weighted by Gasteiger charge is 2.53. The van der Waals surface area contributed by atoms with Crippen LogP contribution in [0.25, 0.3) is 0 Å². The zero-order chi connectivity index (χ0) is 11.7. The van der Waals surface area contributed by atoms with E-state index in [2.05, 4.69) is 0 Å². The van der Waals surface area contributed by atoms with E-state index in [9.17, 15) is 17.6 Å². The van der Waals surface area contributed by atoms with Crippen LogP contribution in [0, 0.1) is 0 Å². The summed E-state index contributed by atoms with van der Waals surface area (Å²) in [5, 5.41) is 4.90. The summed E-state index contributed by atoms with van der Waals surface area (Å²) in [6.07, 6.45) is 0. The van der Waals surface area contributed by atoms with Gasteiger partial charge in [0, 0.05) is 6.92 Å². The minimum Gasteiger partial charge on any atom is -0.507 e. The Morgan fingerprint density at radius 1 is 1.13 bits per heavy atom. The molecule has 0 saturated carbocycles. The first-order chi connectivity index (χ1) is 6.74. The predicted molar refractivity (Wildman–Crippen MR) is 49.5 cm³/mol. The molecular formula is C9H8F4OS. The van der Waals surface area contributed by atoms with Crippen LogP contribution < -0.4 is 0 Å². The Balaban J connectivity index is 2.92. The van der Waals surface area contributed by atoms with Gasteiger partial charge in [-0.1, -0.05) is 12.1 Å². The molecule has 0 saturated heterocycles. The standard InChI is InChI=1S/C9H8F4OS/c1-8(10,11)9(12,13)15-7-5-3-2-4-6(7)14/h2-5,14H,1H3. The Morgan fingerprint density at radius 3 is 2.13 bits per heavy atom. The fourth-order valence-electron chi connectivity index (χ4n) is 0.771. The van der Waals surface area contributed by atoms with Crippen molar-refractivity contribution in [2.24, 2.45) is 0 Å². The number of phenolic OH excluding ortho intramolecular Hbond substituents is 1. The van der Waals surface area contributed by atoms with Crippen molar-refractivity contribution in [3.05, 3.63) is 24.3 Å². The normalized spacial score (nSPS) is 12.9. The molecule has 0 aromatic heterocycles. The lowest BCUT2D eigenvalue weighted by Crippen LogP contribution is -2.33. The summed E-state index contributed by atoms with van der Waals surface area (Å²) in [5.74, 6) is -4.58. The van der Waals surface area contributed by atoms with Crippen LogP contribution in [0.2, 0.25) is 0 Å². The molecule has 0 aliphatic rings. The van der Waals surface area contributed by atoms with Crippen LogP contribution in [0.3, 0.4) is 0 Å². The number of hydrogen-bond donors (Lipinski definition) is 1. The Kier molecular flexibility index (Phi) is 3.18. The number of benzene rings is 1. The predicted octanol–water partition coefficient (Wildman–Crippen LogP) is 3.73. The first kappa shape index (κ1) is 12.2. The molecule has 1 nitrogen and oxygen atoms in total. The minimum absolute atomic E-state index is 0.139. The third-order valence-corrected chi connectivity index (χ3v) is 2.79. The van der Waals surface area contributed by atoms with Crippen LogP contribution in [0.5, 0.6) is 5.75 Å². The second kappa shape index (κ2) is 3.92. The quantitative estimate of drug-likeness (QED) is 0.641. The molecule has 0 radical (unpaired) electrons. The van der Waals surface area contributed by atoms with Gasteiger partial charge in [0.15, 0.2) is 0 Å². The third-order valence-electron chi connectivity index (χ3n) is 1.61. The van der Waals surface area contributed by atoms with Gasteiger partial charge in [0.1, 0.15) is 5.75 Å². The number of thioether (sulfide) groups is 1. The fraction of sp³-hybridized carbons (Fsp3) is 0.333. The molecule has 0 aliphatic carbocycles. The maximum absolute atomic E-state index is 12.9. The van der Waals surface area contributed by atoms with Crippen molar-refractivity contribution >= 4 is 11.8 Å². The Morgan fingerprint density at radius 2 is 1.67 bits per heavy atom. The molecule has 0 atom stereocenters. The van der Waals surface area contributed by atoms with Crippen LogP contribution >= 0.6 is 11.8 Å². The van der Waals surface area contributed by atoms with Crippen molar-refractivity contribution in [1.82, 2.24) is 0 Å². The molecule has 0 bridgehead atoms. The molecule has 0 spiro atoms. The summed E-state index contributed by atoms with van der Waals surface area (Å²) >= 11 is -0.354. The maximum atomic E-state index is 12.9. The van der Waals surface area contributed by atoms with Crippen LogP contribution in [-0.2, 0) is 0 Å². The van der Waals surface area contributed by atoms with Crippen molar-refractivity contribution in [2.75, 3.05) is 0 Å². The van der Waals surface area contributed by atoms with Crippen molar-refractivity contribution in [3.8, 4) is 5.75 Å². The SMILES string of the molecule is CC(F)(F)C(F)(F)Sc1ccccc1O. The highest BCUT2D eigenvalue weighted by atomic mass is 32.2. The molecule has 1 aromatic carbocycles. The van der Waals surface area contributed by atoms with Gasteiger partial charge in [-0.25, -0.2) is 0 Å². The summed E-state index contributed by atoms with van der Waals surface area (Å²) in [6, 6.07) is 5.11. The Bertz CT molecular complexity index is 348. The molecule has 0 heterocycles. The van der Waals surface area contributed by atoms with Gasteiger partial charge in [0.05, 0.1) is 4.90 Å². The largest absolute Gasteiger partial charge is 0.507 e. The van der Waals surface area contributed by atoms with Crippen molar-refractivity contribution in [2.45, 2.75) is 23.0 Å².